The van der Waals surface area contributed by atoms with Crippen LogP contribution in [0.4, 0.5) is 0 Å². The van der Waals surface area contributed by atoms with Gasteiger partial charge in [0.15, 0.2) is 0 Å². The van der Waals surface area contributed by atoms with Crippen molar-refractivity contribution in [1.29, 1.82) is 0 Å². The van der Waals surface area contributed by atoms with Crippen molar-refractivity contribution >= 4 is 0 Å². The summed E-state index contributed by atoms with van der Waals surface area (Å²) in [7, 11) is 4.34. The average molecular weight is 504 g/mol. The van der Waals surface area contributed by atoms with Crippen molar-refractivity contribution < 1.29 is 5.11 Å². The zero-order valence-electron chi connectivity index (χ0n) is 24.0. The van der Waals surface area contributed by atoms with Crippen molar-refractivity contribution in [2.45, 2.75) is 71.8 Å². The molecule has 2 aliphatic carbocycles. The summed E-state index contributed by atoms with van der Waals surface area (Å²) in [5, 5.41) is 14.8. The fraction of sp³-hybridized carbons (Fsp3) is 0.606. The molecule has 202 valence electrons. The van der Waals surface area contributed by atoms with Crippen LogP contribution >= 0.6 is 0 Å². The summed E-state index contributed by atoms with van der Waals surface area (Å²) >= 11 is 0. The van der Waals surface area contributed by atoms with Crippen LogP contribution in [0.5, 0.6) is 5.75 Å². The number of aromatic nitrogens is 1. The Morgan fingerprint density at radius 2 is 1.89 bits per heavy atom. The summed E-state index contributed by atoms with van der Waals surface area (Å²) in [6, 6.07) is 0.207. The molecule has 1 aromatic rings. The zero-order valence-corrected chi connectivity index (χ0v) is 24.0. The van der Waals surface area contributed by atoms with Gasteiger partial charge in [-0.05, 0) is 101 Å². The van der Waals surface area contributed by atoms with Crippen LogP contribution in [0.15, 0.2) is 48.6 Å². The van der Waals surface area contributed by atoms with E-state index in [4.69, 9.17) is 11.6 Å². The monoisotopic (exact) mass is 503 g/mol. The number of aryl methyl sites for hydroxylation is 1. The summed E-state index contributed by atoms with van der Waals surface area (Å²) in [6.45, 7) is 15.3. The van der Waals surface area contributed by atoms with E-state index in [-0.39, 0.29) is 6.04 Å². The van der Waals surface area contributed by atoms with Gasteiger partial charge in [-0.15, -0.1) is 0 Å². The molecule has 6 unspecified atom stereocenters. The van der Waals surface area contributed by atoms with Crippen molar-refractivity contribution in [1.82, 2.24) is 15.2 Å². The van der Waals surface area contributed by atoms with Crippen LogP contribution in [0, 0.1) is 43.4 Å². The van der Waals surface area contributed by atoms with E-state index >= 15 is 0 Å². The highest BCUT2D eigenvalue weighted by atomic mass is 16.3. The van der Waals surface area contributed by atoms with Crippen LogP contribution in [-0.4, -0.2) is 42.2 Å². The maximum Gasteiger partial charge on any atom is 0.140 e. The van der Waals surface area contributed by atoms with Crippen molar-refractivity contribution in [2.75, 3.05) is 27.2 Å². The molecule has 0 radical (unpaired) electrons. The molecule has 1 fully saturated rings. The molecule has 3 aliphatic rings. The van der Waals surface area contributed by atoms with E-state index < -0.39 is 0 Å². The van der Waals surface area contributed by atoms with Gasteiger partial charge in [-0.25, -0.2) is 0 Å². The molecular weight excluding hydrogens is 454 g/mol. The lowest BCUT2D eigenvalue weighted by Gasteiger charge is -2.31. The predicted molar refractivity (Wildman–Crippen MR) is 156 cm³/mol. The molecular formula is C33H49N3O. The minimum Gasteiger partial charge on any atom is -0.506 e. The van der Waals surface area contributed by atoms with Crippen LogP contribution < -0.4 is 5.32 Å². The minimum atomic E-state index is 0.207. The number of nitrogens with one attached hydrogen (secondary N) is 1. The van der Waals surface area contributed by atoms with Crippen molar-refractivity contribution in [3.05, 3.63) is 71.1 Å². The molecule has 0 bridgehead atoms. The summed E-state index contributed by atoms with van der Waals surface area (Å²) in [6.07, 6.45) is 19.3. The summed E-state index contributed by atoms with van der Waals surface area (Å²) in [5.41, 5.74) is 5.58. The van der Waals surface area contributed by atoms with Crippen LogP contribution in [0.1, 0.15) is 80.4 Å². The first-order valence-electron chi connectivity index (χ1n) is 14.5. The van der Waals surface area contributed by atoms with Crippen molar-refractivity contribution in [2.24, 2.45) is 29.6 Å². The van der Waals surface area contributed by atoms with Gasteiger partial charge >= 0.3 is 0 Å². The van der Waals surface area contributed by atoms with E-state index in [9.17, 15) is 5.11 Å². The largest absolute Gasteiger partial charge is 0.506 e. The molecule has 4 nitrogen and oxygen atoms in total. The molecule has 0 aromatic carbocycles. The van der Waals surface area contributed by atoms with E-state index in [0.717, 1.165) is 50.0 Å². The first-order valence-corrected chi connectivity index (χ1v) is 14.5. The fourth-order valence-corrected chi connectivity index (χ4v) is 6.95. The Kier molecular flexibility index (Phi) is 9.13. The Bertz CT molecular complexity index is 1030. The van der Waals surface area contributed by atoms with Gasteiger partial charge in [-0.3, -0.25) is 4.98 Å². The lowest BCUT2D eigenvalue weighted by atomic mass is 9.75. The first-order chi connectivity index (χ1) is 17.8. The summed E-state index contributed by atoms with van der Waals surface area (Å²) in [5.74, 6) is 3.32. The zero-order chi connectivity index (χ0) is 26.7. The summed E-state index contributed by atoms with van der Waals surface area (Å²) < 4.78 is 0. The van der Waals surface area contributed by atoms with Gasteiger partial charge in [0.1, 0.15) is 5.75 Å². The number of pyridine rings is 1. The molecule has 1 saturated carbocycles. The molecule has 1 aliphatic heterocycles. The fourth-order valence-electron chi connectivity index (χ4n) is 6.95. The Labute approximate surface area is 225 Å². The number of rotatable bonds is 11. The van der Waals surface area contributed by atoms with Gasteiger partial charge in [0, 0.05) is 24.4 Å². The second-order valence-corrected chi connectivity index (χ2v) is 11.9. The standard InChI is InChI=1S/C33H49N3O/c1-8-10-11-14-24(17-18-36(6)7)19-21(3)27-20-34-28(9-2)29-22(4)33(37)23(5)35-32(29)31(27)30-25-15-12-13-16-26(25)30/h10-13,15-16,24-28,30-31,34,37H,3,8-9,14,17-20H2,1-2,4-7H3. The molecule has 2 N–H and O–H groups in total. The summed E-state index contributed by atoms with van der Waals surface area (Å²) in [4.78, 5) is 7.47. The van der Waals surface area contributed by atoms with Gasteiger partial charge in [0.05, 0.1) is 11.4 Å². The Balaban J connectivity index is 1.71. The van der Waals surface area contributed by atoms with Crippen molar-refractivity contribution in [3.63, 3.8) is 0 Å². The van der Waals surface area contributed by atoms with E-state index in [2.05, 4.69) is 81.5 Å². The lowest BCUT2D eigenvalue weighted by Crippen LogP contribution is -2.29. The van der Waals surface area contributed by atoms with E-state index in [1.54, 1.807) is 0 Å². The number of fused-ring (bicyclic) bond motifs is 2. The second-order valence-electron chi connectivity index (χ2n) is 11.9. The molecule has 37 heavy (non-hydrogen) atoms. The first kappa shape index (κ1) is 27.9. The SMILES string of the molecule is C=C(CC(CC=CCC)CCN(C)C)C1CNC(CC)c2c(nc(C)c(O)c2C)C1C1C2C=CC=CC21. The quantitative estimate of drug-likeness (QED) is 0.319. The van der Waals surface area contributed by atoms with E-state index in [1.165, 1.54) is 23.3 Å². The number of hydrogen-bond acceptors (Lipinski definition) is 4. The number of aromatic hydroxyl groups is 1. The Hall–Kier alpha value is -2.17. The van der Waals surface area contributed by atoms with Gasteiger partial charge < -0.3 is 15.3 Å². The topological polar surface area (TPSA) is 48.4 Å². The number of allylic oxidation sites excluding steroid dienone is 6. The normalized spacial score (nSPS) is 29.3. The molecule has 0 amide bonds. The molecule has 4 heteroatoms. The highest BCUT2D eigenvalue weighted by molar-refractivity contribution is 5.48. The van der Waals surface area contributed by atoms with Gasteiger partial charge in [0.25, 0.3) is 0 Å². The molecule has 6 atom stereocenters. The predicted octanol–water partition coefficient (Wildman–Crippen LogP) is 7.02. The maximum atomic E-state index is 10.9. The van der Waals surface area contributed by atoms with Crippen LogP contribution in [0.25, 0.3) is 0 Å². The van der Waals surface area contributed by atoms with E-state index in [1.807, 2.05) is 6.92 Å². The van der Waals surface area contributed by atoms with Gasteiger partial charge in [0.2, 0.25) is 0 Å². The average Bonchev–Trinajstić information content (AvgIpc) is 3.62. The van der Waals surface area contributed by atoms with Crippen molar-refractivity contribution in [3.8, 4) is 5.75 Å². The molecule has 4 rings (SSSR count). The number of nitrogens with zero attached hydrogens (tertiary/aromatic N) is 2. The Morgan fingerprint density at radius 1 is 1.19 bits per heavy atom. The van der Waals surface area contributed by atoms with Gasteiger partial charge in [-0.2, -0.15) is 0 Å². The van der Waals surface area contributed by atoms with E-state index in [0.29, 0.717) is 41.3 Å². The third-order valence-corrected chi connectivity index (χ3v) is 9.07. The highest BCUT2D eigenvalue weighted by Gasteiger charge is 2.56. The number of hydrogen-bond donors (Lipinski definition) is 2. The second kappa shape index (κ2) is 12.1. The smallest absolute Gasteiger partial charge is 0.140 e. The maximum absolute atomic E-state index is 10.9. The third-order valence-electron chi connectivity index (χ3n) is 9.07. The Morgan fingerprint density at radius 3 is 2.51 bits per heavy atom. The van der Waals surface area contributed by atoms with Crippen LogP contribution in [0.3, 0.4) is 0 Å². The highest BCUT2D eigenvalue weighted by Crippen LogP contribution is 2.61. The third kappa shape index (κ3) is 5.96. The molecule has 0 saturated heterocycles. The van der Waals surface area contributed by atoms with Crippen LogP contribution in [0.2, 0.25) is 0 Å². The molecule has 2 heterocycles. The lowest BCUT2D eigenvalue weighted by molar-refractivity contribution is 0.331. The molecule has 0 spiro atoms. The van der Waals surface area contributed by atoms with Crippen LogP contribution in [-0.2, 0) is 0 Å². The minimum absolute atomic E-state index is 0.207. The molecule has 1 aromatic heterocycles. The van der Waals surface area contributed by atoms with Gasteiger partial charge in [-0.1, -0.05) is 62.5 Å².